The zero-order chi connectivity index (χ0) is 28.1. The lowest BCUT2D eigenvalue weighted by molar-refractivity contribution is -0.0218. The number of piperazine rings is 1. The molecule has 4 aliphatic heterocycles. The SMILES string of the molecule is C=CCOc1c(C)c2c(c3c1CC1[C@@H]4N[C@@H](Cc5cc(C)c(OC)c(OCOC)c54)[C@H](C#N)N1[C@H]3CO)OCO2. The molecule has 0 radical (unpaired) electrons. The van der Waals surface area contributed by atoms with Crippen LogP contribution in [0.2, 0.25) is 0 Å². The Morgan fingerprint density at radius 3 is 2.65 bits per heavy atom. The molecule has 0 amide bonds. The minimum atomic E-state index is -0.495. The molecule has 2 N–H and O–H groups in total. The van der Waals surface area contributed by atoms with Crippen molar-refractivity contribution in [2.45, 2.75) is 56.9 Å². The second-order valence-corrected chi connectivity index (χ2v) is 10.6. The lowest BCUT2D eigenvalue weighted by Crippen LogP contribution is -2.68. The van der Waals surface area contributed by atoms with Gasteiger partial charge in [0, 0.05) is 41.4 Å². The van der Waals surface area contributed by atoms with Crippen molar-refractivity contribution in [3.8, 4) is 34.8 Å². The van der Waals surface area contributed by atoms with Crippen LogP contribution in [0.3, 0.4) is 0 Å². The van der Waals surface area contributed by atoms with Crippen molar-refractivity contribution < 1.29 is 33.5 Å². The predicted molar refractivity (Wildman–Crippen MR) is 145 cm³/mol. The number of ether oxygens (including phenoxy) is 6. The maximum absolute atomic E-state index is 10.9. The second-order valence-electron chi connectivity index (χ2n) is 10.6. The van der Waals surface area contributed by atoms with Crippen molar-refractivity contribution in [2.75, 3.05) is 41.0 Å². The Hall–Kier alpha value is -3.49. The van der Waals surface area contributed by atoms with Gasteiger partial charge in [-0.15, -0.1) is 0 Å². The number of aryl methyl sites for hydroxylation is 1. The summed E-state index contributed by atoms with van der Waals surface area (Å²) >= 11 is 0. The smallest absolute Gasteiger partial charge is 0.231 e. The predicted octanol–water partition coefficient (Wildman–Crippen LogP) is 3.01. The van der Waals surface area contributed by atoms with Gasteiger partial charge in [-0.2, -0.15) is 5.26 Å². The zero-order valence-electron chi connectivity index (χ0n) is 23.3. The molecule has 1 fully saturated rings. The highest BCUT2D eigenvalue weighted by Gasteiger charge is 2.54. The van der Waals surface area contributed by atoms with Crippen LogP contribution in [-0.4, -0.2) is 69.2 Å². The average molecular weight is 550 g/mol. The molecule has 0 aromatic heterocycles. The highest BCUT2D eigenvalue weighted by molar-refractivity contribution is 5.66. The molecular formula is C30H35N3O7. The number of fused-ring (bicyclic) bond motifs is 9. The summed E-state index contributed by atoms with van der Waals surface area (Å²) in [5.41, 5.74) is 5.70. The lowest BCUT2D eigenvalue weighted by Gasteiger charge is -2.56. The first-order valence-corrected chi connectivity index (χ1v) is 13.5. The van der Waals surface area contributed by atoms with E-state index in [9.17, 15) is 10.4 Å². The van der Waals surface area contributed by atoms with Crippen LogP contribution in [0.15, 0.2) is 18.7 Å². The molecule has 5 atom stereocenters. The number of nitrogens with one attached hydrogen (secondary N) is 1. The van der Waals surface area contributed by atoms with Gasteiger partial charge < -0.3 is 38.8 Å². The van der Waals surface area contributed by atoms with Crippen LogP contribution in [0.5, 0.6) is 28.7 Å². The molecule has 2 bridgehead atoms. The van der Waals surface area contributed by atoms with Crippen molar-refractivity contribution >= 4 is 0 Å². The third-order valence-electron chi connectivity index (χ3n) is 8.58. The third-order valence-corrected chi connectivity index (χ3v) is 8.58. The fraction of sp³-hybridized carbons (Fsp3) is 0.500. The van der Waals surface area contributed by atoms with Gasteiger partial charge in [-0.25, -0.2) is 0 Å². The Kier molecular flexibility index (Phi) is 7.00. The van der Waals surface area contributed by atoms with Gasteiger partial charge in [0.2, 0.25) is 6.79 Å². The van der Waals surface area contributed by atoms with Crippen LogP contribution in [0.4, 0.5) is 0 Å². The number of hydrogen-bond acceptors (Lipinski definition) is 10. The van der Waals surface area contributed by atoms with Crippen LogP contribution in [0.1, 0.15) is 45.5 Å². The average Bonchev–Trinajstić information content (AvgIpc) is 3.45. The molecule has 2 aromatic rings. The van der Waals surface area contributed by atoms with Crippen LogP contribution >= 0.6 is 0 Å². The summed E-state index contributed by atoms with van der Waals surface area (Å²) in [6, 6.07) is 3.16. The molecule has 1 unspecified atom stereocenters. The normalized spacial score (nSPS) is 25.8. The van der Waals surface area contributed by atoms with Crippen LogP contribution < -0.4 is 29.0 Å². The number of rotatable bonds is 8. The summed E-state index contributed by atoms with van der Waals surface area (Å²) in [6.07, 6.45) is 2.89. The number of hydrogen-bond donors (Lipinski definition) is 2. The van der Waals surface area contributed by atoms with Crippen molar-refractivity contribution in [1.29, 1.82) is 5.26 Å². The molecule has 212 valence electrons. The minimum absolute atomic E-state index is 0.0713. The fourth-order valence-corrected chi connectivity index (χ4v) is 7.17. The Morgan fingerprint density at radius 2 is 1.95 bits per heavy atom. The second kappa shape index (κ2) is 10.5. The molecule has 2 aromatic carbocycles. The largest absolute Gasteiger partial charge is 0.493 e. The number of methoxy groups -OCH3 is 2. The first kappa shape index (κ1) is 26.7. The summed E-state index contributed by atoms with van der Waals surface area (Å²) in [7, 11) is 3.23. The number of benzene rings is 2. The molecule has 6 rings (SSSR count). The summed E-state index contributed by atoms with van der Waals surface area (Å²) in [4.78, 5) is 2.16. The van der Waals surface area contributed by atoms with E-state index in [4.69, 9.17) is 28.4 Å². The quantitative estimate of drug-likeness (QED) is 0.376. The number of aliphatic hydroxyl groups excluding tert-OH is 1. The number of aliphatic hydroxyl groups is 1. The highest BCUT2D eigenvalue weighted by Crippen LogP contribution is 2.56. The van der Waals surface area contributed by atoms with Gasteiger partial charge in [0.1, 0.15) is 18.4 Å². The van der Waals surface area contributed by atoms with E-state index in [1.807, 2.05) is 13.8 Å². The van der Waals surface area contributed by atoms with E-state index in [1.165, 1.54) is 0 Å². The summed E-state index contributed by atoms with van der Waals surface area (Å²) in [5, 5.41) is 25.2. The monoisotopic (exact) mass is 549 g/mol. The Labute approximate surface area is 234 Å². The molecule has 0 saturated carbocycles. The molecule has 40 heavy (non-hydrogen) atoms. The zero-order valence-corrected chi connectivity index (χ0v) is 23.3. The van der Waals surface area contributed by atoms with Gasteiger partial charge in [-0.05, 0) is 37.8 Å². The van der Waals surface area contributed by atoms with Crippen molar-refractivity contribution in [3.05, 3.63) is 52.1 Å². The first-order valence-electron chi connectivity index (χ1n) is 13.5. The molecule has 0 spiro atoms. The van der Waals surface area contributed by atoms with E-state index in [1.54, 1.807) is 20.3 Å². The van der Waals surface area contributed by atoms with E-state index >= 15 is 0 Å². The minimum Gasteiger partial charge on any atom is -0.493 e. The van der Waals surface area contributed by atoms with E-state index < -0.39 is 12.1 Å². The van der Waals surface area contributed by atoms with E-state index in [0.29, 0.717) is 48.2 Å². The van der Waals surface area contributed by atoms with Crippen molar-refractivity contribution in [3.63, 3.8) is 0 Å². The van der Waals surface area contributed by atoms with Crippen molar-refractivity contribution in [2.24, 2.45) is 0 Å². The van der Waals surface area contributed by atoms with Crippen LogP contribution in [0, 0.1) is 25.2 Å². The van der Waals surface area contributed by atoms with Gasteiger partial charge >= 0.3 is 0 Å². The maximum Gasteiger partial charge on any atom is 0.231 e. The third kappa shape index (κ3) is 3.84. The number of nitrogens with zero attached hydrogens (tertiary/aromatic N) is 2. The van der Waals surface area contributed by atoms with Gasteiger partial charge in [-0.1, -0.05) is 18.7 Å². The summed E-state index contributed by atoms with van der Waals surface area (Å²) in [6.45, 7) is 8.07. The van der Waals surface area contributed by atoms with Gasteiger partial charge in [0.25, 0.3) is 0 Å². The highest BCUT2D eigenvalue weighted by atomic mass is 16.7. The summed E-state index contributed by atoms with van der Waals surface area (Å²) < 4.78 is 35.3. The van der Waals surface area contributed by atoms with Gasteiger partial charge in [-0.3, -0.25) is 4.90 Å². The molecule has 1 saturated heterocycles. The Bertz CT molecular complexity index is 1390. The fourth-order valence-electron chi connectivity index (χ4n) is 7.17. The topological polar surface area (TPSA) is 115 Å². The van der Waals surface area contributed by atoms with Crippen LogP contribution in [0.25, 0.3) is 0 Å². The molecule has 10 heteroatoms. The Balaban J connectivity index is 1.57. The maximum atomic E-state index is 10.9. The molecule has 4 heterocycles. The van der Waals surface area contributed by atoms with Crippen molar-refractivity contribution in [1.82, 2.24) is 10.2 Å². The van der Waals surface area contributed by atoms with Crippen LogP contribution in [-0.2, 0) is 17.6 Å². The standard InChI is InChI=1S/C30H35N3O7/c1-6-7-37-27-16(3)28-30(40-14-39-28)24-18(27)10-20-25-23-17(8-15(2)26(36-5)29(23)38-13-35-4)9-19(32-25)21(11-31)33(20)22(24)12-34/h6,8,19-22,25,32,34H,1,7,9-10,12-14H2,2-5H3/t19-,20?,21-,22-,25-/m0/s1. The molecular weight excluding hydrogens is 514 g/mol. The molecule has 4 aliphatic rings. The summed E-state index contributed by atoms with van der Waals surface area (Å²) in [5.74, 6) is 3.26. The van der Waals surface area contributed by atoms with Gasteiger partial charge in [0.15, 0.2) is 29.8 Å². The van der Waals surface area contributed by atoms with E-state index in [-0.39, 0.29) is 38.3 Å². The number of nitriles is 1. The van der Waals surface area contributed by atoms with Gasteiger partial charge in [0.05, 0.1) is 31.9 Å². The molecule has 10 nitrogen and oxygen atoms in total. The Morgan fingerprint density at radius 1 is 1.15 bits per heavy atom. The van der Waals surface area contributed by atoms with E-state index in [0.717, 1.165) is 33.4 Å². The molecule has 0 aliphatic carbocycles. The lowest BCUT2D eigenvalue weighted by atomic mass is 9.72. The van der Waals surface area contributed by atoms with E-state index in [2.05, 4.69) is 28.9 Å². The first-order chi connectivity index (χ1) is 19.5.